The molecule has 148 valence electrons. The number of hydrogen-bond acceptors (Lipinski definition) is 5. The quantitative estimate of drug-likeness (QED) is 0.337. The molecule has 0 spiro atoms. The summed E-state index contributed by atoms with van der Waals surface area (Å²) in [6.07, 6.45) is 1.42. The average Bonchev–Trinajstić information content (AvgIpc) is 2.66. The lowest BCUT2D eigenvalue weighted by Gasteiger charge is -2.16. The fourth-order valence-corrected chi connectivity index (χ4v) is 3.27. The second-order valence-corrected chi connectivity index (χ2v) is 7.47. The number of ether oxygens (including phenoxy) is 1. The van der Waals surface area contributed by atoms with Gasteiger partial charge in [-0.15, -0.1) is 0 Å². The van der Waals surface area contributed by atoms with Crippen molar-refractivity contribution < 1.29 is 19.1 Å². The lowest BCUT2D eigenvalue weighted by molar-refractivity contribution is -0.123. The third-order valence-electron chi connectivity index (χ3n) is 3.72. The second kappa shape index (κ2) is 9.17. The standard InChI is InChI=1S/C19H13BrClN3O4S/c20-12-8-10(7-11-17(26)23-19(29)24-18(11)27)5-6-15(12)28-9-16(25)22-14-4-2-1-3-13(14)21/h1-8H,9H2,(H,22,25)(H2,23,24,26,27,29). The molecule has 1 aliphatic heterocycles. The summed E-state index contributed by atoms with van der Waals surface area (Å²) in [5.41, 5.74) is 1.00. The van der Waals surface area contributed by atoms with Gasteiger partial charge in [0.1, 0.15) is 11.3 Å². The summed E-state index contributed by atoms with van der Waals surface area (Å²) in [5.74, 6) is -1.11. The molecule has 1 aliphatic rings. The van der Waals surface area contributed by atoms with Crippen molar-refractivity contribution in [3.8, 4) is 5.75 Å². The number of halogens is 2. The van der Waals surface area contributed by atoms with Crippen LogP contribution >= 0.6 is 39.7 Å². The third kappa shape index (κ3) is 5.41. The van der Waals surface area contributed by atoms with Gasteiger partial charge in [-0.1, -0.05) is 29.8 Å². The first-order valence-corrected chi connectivity index (χ1v) is 9.76. The van der Waals surface area contributed by atoms with E-state index in [1.807, 2.05) is 0 Å². The van der Waals surface area contributed by atoms with E-state index in [2.05, 4.69) is 31.9 Å². The van der Waals surface area contributed by atoms with E-state index in [-0.39, 0.29) is 23.2 Å². The molecule has 0 radical (unpaired) electrons. The molecule has 1 heterocycles. The first kappa shape index (κ1) is 21.0. The van der Waals surface area contributed by atoms with Crippen LogP contribution < -0.4 is 20.7 Å². The molecule has 0 bridgehead atoms. The Hall–Kier alpha value is -2.75. The number of para-hydroxylation sites is 1. The Morgan fingerprint density at radius 2 is 1.86 bits per heavy atom. The molecule has 7 nitrogen and oxygen atoms in total. The van der Waals surface area contributed by atoms with Crippen LogP contribution in [0.25, 0.3) is 6.08 Å². The maximum absolute atomic E-state index is 12.1. The fraction of sp³-hybridized carbons (Fsp3) is 0.0526. The summed E-state index contributed by atoms with van der Waals surface area (Å²) in [6, 6.07) is 11.8. The zero-order chi connectivity index (χ0) is 21.0. The summed E-state index contributed by atoms with van der Waals surface area (Å²) in [6.45, 7) is -0.230. The SMILES string of the molecule is O=C(COc1ccc(C=C2C(=O)NC(=S)NC2=O)cc1Br)Nc1ccccc1Cl. The van der Waals surface area contributed by atoms with Crippen LogP contribution in [-0.2, 0) is 14.4 Å². The van der Waals surface area contributed by atoms with Crippen LogP contribution in [0.2, 0.25) is 5.02 Å². The third-order valence-corrected chi connectivity index (χ3v) is 4.87. The van der Waals surface area contributed by atoms with E-state index in [0.717, 1.165) is 0 Å². The van der Waals surface area contributed by atoms with E-state index in [0.29, 0.717) is 26.5 Å². The summed E-state index contributed by atoms with van der Waals surface area (Å²) in [4.78, 5) is 35.9. The van der Waals surface area contributed by atoms with Crippen molar-refractivity contribution in [3.05, 3.63) is 63.1 Å². The highest BCUT2D eigenvalue weighted by Gasteiger charge is 2.25. The van der Waals surface area contributed by atoms with Crippen LogP contribution in [0.1, 0.15) is 5.56 Å². The van der Waals surface area contributed by atoms with Gasteiger partial charge in [-0.3, -0.25) is 25.0 Å². The fourth-order valence-electron chi connectivity index (χ4n) is 2.39. The zero-order valence-electron chi connectivity index (χ0n) is 14.6. The number of carbonyl (C=O) groups excluding carboxylic acids is 3. The molecule has 3 rings (SSSR count). The van der Waals surface area contributed by atoms with Crippen LogP contribution in [0.4, 0.5) is 5.69 Å². The molecule has 0 aromatic heterocycles. The van der Waals surface area contributed by atoms with Crippen molar-refractivity contribution >= 4 is 74.3 Å². The topological polar surface area (TPSA) is 96.5 Å². The van der Waals surface area contributed by atoms with Gasteiger partial charge >= 0.3 is 0 Å². The van der Waals surface area contributed by atoms with E-state index in [1.54, 1.807) is 42.5 Å². The lowest BCUT2D eigenvalue weighted by atomic mass is 10.1. The Morgan fingerprint density at radius 3 is 2.52 bits per heavy atom. The Bertz CT molecular complexity index is 1040. The van der Waals surface area contributed by atoms with E-state index < -0.39 is 11.8 Å². The van der Waals surface area contributed by atoms with Crippen molar-refractivity contribution in [1.29, 1.82) is 0 Å². The minimum absolute atomic E-state index is 0.0304. The molecule has 2 aromatic rings. The van der Waals surface area contributed by atoms with Gasteiger partial charge in [0.2, 0.25) is 0 Å². The number of anilines is 1. The summed E-state index contributed by atoms with van der Waals surface area (Å²) >= 11 is 14.1. The van der Waals surface area contributed by atoms with Crippen molar-refractivity contribution in [2.75, 3.05) is 11.9 Å². The molecule has 29 heavy (non-hydrogen) atoms. The number of nitrogens with one attached hydrogen (secondary N) is 3. The molecule has 1 saturated heterocycles. The summed E-state index contributed by atoms with van der Waals surface area (Å²) < 4.78 is 6.06. The van der Waals surface area contributed by atoms with Crippen LogP contribution in [0.3, 0.4) is 0 Å². The first-order chi connectivity index (χ1) is 13.8. The Labute approximate surface area is 184 Å². The van der Waals surface area contributed by atoms with Gasteiger partial charge in [-0.25, -0.2) is 0 Å². The van der Waals surface area contributed by atoms with Gasteiger partial charge in [-0.05, 0) is 64.1 Å². The molecule has 0 aliphatic carbocycles. The van der Waals surface area contributed by atoms with Crippen LogP contribution in [0.15, 0.2) is 52.5 Å². The largest absolute Gasteiger partial charge is 0.483 e. The van der Waals surface area contributed by atoms with Crippen LogP contribution in [0, 0.1) is 0 Å². The Morgan fingerprint density at radius 1 is 1.17 bits per heavy atom. The number of rotatable bonds is 5. The van der Waals surface area contributed by atoms with E-state index in [9.17, 15) is 14.4 Å². The number of amides is 3. The maximum Gasteiger partial charge on any atom is 0.263 e. The molecular formula is C19H13BrClN3O4S. The molecule has 10 heteroatoms. The highest BCUT2D eigenvalue weighted by atomic mass is 79.9. The average molecular weight is 495 g/mol. The highest BCUT2D eigenvalue weighted by Crippen LogP contribution is 2.27. The monoisotopic (exact) mass is 493 g/mol. The van der Waals surface area contributed by atoms with Crippen molar-refractivity contribution in [2.45, 2.75) is 0 Å². The Balaban J connectivity index is 1.65. The van der Waals surface area contributed by atoms with Gasteiger partial charge in [0.05, 0.1) is 15.2 Å². The number of carbonyl (C=O) groups is 3. The molecular weight excluding hydrogens is 482 g/mol. The molecule has 0 unspecified atom stereocenters. The molecule has 1 fully saturated rings. The zero-order valence-corrected chi connectivity index (χ0v) is 17.8. The summed E-state index contributed by atoms with van der Waals surface area (Å²) in [7, 11) is 0. The van der Waals surface area contributed by atoms with Crippen molar-refractivity contribution in [2.24, 2.45) is 0 Å². The van der Waals surface area contributed by atoms with Gasteiger partial charge in [0.25, 0.3) is 17.7 Å². The van der Waals surface area contributed by atoms with Crippen LogP contribution in [-0.4, -0.2) is 29.4 Å². The molecule has 0 saturated carbocycles. The first-order valence-electron chi connectivity index (χ1n) is 8.18. The molecule has 3 N–H and O–H groups in total. The van der Waals surface area contributed by atoms with E-state index in [1.165, 1.54) is 6.08 Å². The van der Waals surface area contributed by atoms with Gasteiger partial charge in [-0.2, -0.15) is 0 Å². The predicted molar refractivity (Wildman–Crippen MR) is 117 cm³/mol. The molecule has 0 atom stereocenters. The maximum atomic E-state index is 12.1. The predicted octanol–water partition coefficient (Wildman–Crippen LogP) is 3.03. The number of thiocarbonyl (C=S) groups is 1. The van der Waals surface area contributed by atoms with Crippen LogP contribution in [0.5, 0.6) is 5.75 Å². The summed E-state index contributed by atoms with van der Waals surface area (Å²) in [5, 5.41) is 7.78. The minimum atomic E-state index is -0.577. The van der Waals surface area contributed by atoms with Crippen molar-refractivity contribution in [3.63, 3.8) is 0 Å². The van der Waals surface area contributed by atoms with E-state index in [4.69, 9.17) is 28.6 Å². The van der Waals surface area contributed by atoms with E-state index >= 15 is 0 Å². The Kier molecular flexibility index (Phi) is 6.63. The molecule has 3 amide bonds. The number of benzene rings is 2. The second-order valence-electron chi connectivity index (χ2n) is 5.80. The minimum Gasteiger partial charge on any atom is -0.483 e. The number of hydrogen-bond donors (Lipinski definition) is 3. The smallest absolute Gasteiger partial charge is 0.263 e. The normalized spacial score (nSPS) is 13.4. The highest BCUT2D eigenvalue weighted by molar-refractivity contribution is 9.10. The van der Waals surface area contributed by atoms with Gasteiger partial charge in [0.15, 0.2) is 11.7 Å². The van der Waals surface area contributed by atoms with Gasteiger partial charge < -0.3 is 10.1 Å². The molecule has 2 aromatic carbocycles. The van der Waals surface area contributed by atoms with Gasteiger partial charge in [0, 0.05) is 0 Å². The lowest BCUT2D eigenvalue weighted by Crippen LogP contribution is -2.51. The van der Waals surface area contributed by atoms with Crippen molar-refractivity contribution in [1.82, 2.24) is 10.6 Å².